The molecule has 0 aliphatic heterocycles. The molecule has 3 rings (SSSR count). The van der Waals surface area contributed by atoms with E-state index in [9.17, 15) is 0 Å². The van der Waals surface area contributed by atoms with Gasteiger partial charge in [0.05, 0.1) is 0 Å². The highest BCUT2D eigenvalue weighted by Crippen LogP contribution is 2.38. The van der Waals surface area contributed by atoms with Crippen molar-refractivity contribution in [2.75, 3.05) is 0 Å². The minimum atomic E-state index is 0.0564. The lowest BCUT2D eigenvalue weighted by molar-refractivity contribution is 0.554. The monoisotopic (exact) mass is 249 g/mol. The molecule has 0 aliphatic rings. The molecule has 0 bridgehead atoms. The summed E-state index contributed by atoms with van der Waals surface area (Å²) in [6, 6.07) is 19.3. The summed E-state index contributed by atoms with van der Waals surface area (Å²) >= 11 is 0. The van der Waals surface area contributed by atoms with E-state index >= 15 is 0 Å². The van der Waals surface area contributed by atoms with Gasteiger partial charge in [-0.1, -0.05) is 62.4 Å². The van der Waals surface area contributed by atoms with E-state index in [0.29, 0.717) is 0 Å². The van der Waals surface area contributed by atoms with Crippen molar-refractivity contribution in [1.29, 1.82) is 0 Å². The Hall–Kier alpha value is -2.02. The summed E-state index contributed by atoms with van der Waals surface area (Å²) in [5.41, 5.74) is 4.04. The summed E-state index contributed by atoms with van der Waals surface area (Å²) < 4.78 is 0. The second-order valence-corrected chi connectivity index (χ2v) is 5.30. The van der Waals surface area contributed by atoms with Crippen LogP contribution in [0.2, 0.25) is 0 Å². The Labute approximate surface area is 114 Å². The lowest BCUT2D eigenvalue weighted by Gasteiger charge is -2.29. The van der Waals surface area contributed by atoms with Crippen LogP contribution < -0.4 is 0 Å². The number of para-hydroxylation sites is 1. The first-order chi connectivity index (χ1) is 9.25. The average molecular weight is 249 g/mol. The van der Waals surface area contributed by atoms with Crippen LogP contribution in [-0.4, -0.2) is 4.98 Å². The van der Waals surface area contributed by atoms with E-state index in [1.807, 2.05) is 0 Å². The third kappa shape index (κ3) is 1.86. The molecule has 0 aliphatic carbocycles. The van der Waals surface area contributed by atoms with Crippen LogP contribution in [0.4, 0.5) is 0 Å². The highest BCUT2D eigenvalue weighted by atomic mass is 14.7. The standard InChI is InChI=1S/C18H19N/c1-3-18(2,14-9-5-4-6-10-14)16-13-19-17-12-8-7-11-15(16)17/h4-13,19H,3H2,1-2H3/t18-/m1/s1. The number of aromatic nitrogens is 1. The van der Waals surface area contributed by atoms with Crippen LogP contribution in [0.25, 0.3) is 10.9 Å². The molecule has 1 heterocycles. The maximum atomic E-state index is 3.40. The third-order valence-electron chi connectivity index (χ3n) is 4.30. The van der Waals surface area contributed by atoms with Crippen molar-refractivity contribution in [3.05, 3.63) is 71.9 Å². The molecular weight excluding hydrogens is 230 g/mol. The van der Waals surface area contributed by atoms with Gasteiger partial charge in [-0.3, -0.25) is 0 Å². The molecule has 2 aromatic carbocycles. The molecule has 0 saturated heterocycles. The Morgan fingerprint density at radius 1 is 0.947 bits per heavy atom. The molecule has 1 heteroatoms. The number of aromatic amines is 1. The smallest absolute Gasteiger partial charge is 0.0457 e. The van der Waals surface area contributed by atoms with Crippen molar-refractivity contribution in [3.63, 3.8) is 0 Å². The molecule has 0 fully saturated rings. The Kier molecular flexibility index (Phi) is 2.90. The number of benzene rings is 2. The Morgan fingerprint density at radius 3 is 2.37 bits per heavy atom. The molecule has 1 nitrogen and oxygen atoms in total. The summed E-state index contributed by atoms with van der Waals surface area (Å²) in [5.74, 6) is 0. The fourth-order valence-electron chi connectivity index (χ4n) is 2.88. The van der Waals surface area contributed by atoms with Crippen molar-refractivity contribution in [1.82, 2.24) is 4.98 Å². The first-order valence-electron chi connectivity index (χ1n) is 6.88. The van der Waals surface area contributed by atoms with E-state index in [-0.39, 0.29) is 5.41 Å². The lowest BCUT2D eigenvalue weighted by Crippen LogP contribution is -2.22. The van der Waals surface area contributed by atoms with E-state index in [4.69, 9.17) is 0 Å². The van der Waals surface area contributed by atoms with Crippen molar-refractivity contribution in [2.45, 2.75) is 25.7 Å². The predicted octanol–water partition coefficient (Wildman–Crippen LogP) is 4.88. The van der Waals surface area contributed by atoms with Crippen LogP contribution >= 0.6 is 0 Å². The van der Waals surface area contributed by atoms with Crippen LogP contribution in [0.15, 0.2) is 60.8 Å². The van der Waals surface area contributed by atoms with Gasteiger partial charge in [0, 0.05) is 22.5 Å². The third-order valence-corrected chi connectivity index (χ3v) is 4.30. The minimum Gasteiger partial charge on any atom is -0.361 e. The zero-order valence-electron chi connectivity index (χ0n) is 11.5. The maximum Gasteiger partial charge on any atom is 0.0457 e. The van der Waals surface area contributed by atoms with Crippen LogP contribution in [0.1, 0.15) is 31.4 Å². The molecule has 1 atom stereocenters. The zero-order valence-corrected chi connectivity index (χ0v) is 11.5. The van der Waals surface area contributed by atoms with Crippen molar-refractivity contribution < 1.29 is 0 Å². The van der Waals surface area contributed by atoms with Crippen molar-refractivity contribution >= 4 is 10.9 Å². The van der Waals surface area contributed by atoms with Gasteiger partial charge in [0.1, 0.15) is 0 Å². The molecule has 0 unspecified atom stereocenters. The highest BCUT2D eigenvalue weighted by Gasteiger charge is 2.29. The van der Waals surface area contributed by atoms with Gasteiger partial charge in [-0.05, 0) is 23.6 Å². The van der Waals surface area contributed by atoms with Crippen molar-refractivity contribution in [2.24, 2.45) is 0 Å². The molecular formula is C18H19N. The van der Waals surface area contributed by atoms with E-state index in [1.165, 1.54) is 22.0 Å². The number of hydrogen-bond donors (Lipinski definition) is 1. The van der Waals surface area contributed by atoms with Gasteiger partial charge in [-0.25, -0.2) is 0 Å². The second kappa shape index (κ2) is 4.58. The van der Waals surface area contributed by atoms with Gasteiger partial charge in [-0.2, -0.15) is 0 Å². The number of fused-ring (bicyclic) bond motifs is 1. The number of nitrogens with one attached hydrogen (secondary N) is 1. The van der Waals surface area contributed by atoms with Gasteiger partial charge in [0.25, 0.3) is 0 Å². The average Bonchev–Trinajstić information content (AvgIpc) is 2.92. The summed E-state index contributed by atoms with van der Waals surface area (Å²) in [6.07, 6.45) is 3.25. The molecule has 0 saturated carbocycles. The molecule has 0 spiro atoms. The summed E-state index contributed by atoms with van der Waals surface area (Å²) in [7, 11) is 0. The summed E-state index contributed by atoms with van der Waals surface area (Å²) in [6.45, 7) is 4.59. The molecule has 0 radical (unpaired) electrons. The first kappa shape index (κ1) is 12.0. The Balaban J connectivity index is 2.22. The van der Waals surface area contributed by atoms with Gasteiger partial charge in [-0.15, -0.1) is 0 Å². The van der Waals surface area contributed by atoms with E-state index in [0.717, 1.165) is 6.42 Å². The van der Waals surface area contributed by atoms with E-state index < -0.39 is 0 Å². The maximum absolute atomic E-state index is 3.40. The van der Waals surface area contributed by atoms with Gasteiger partial charge in [0.15, 0.2) is 0 Å². The fourth-order valence-corrected chi connectivity index (χ4v) is 2.88. The van der Waals surface area contributed by atoms with E-state index in [2.05, 4.69) is 79.6 Å². The number of hydrogen-bond acceptors (Lipinski definition) is 0. The van der Waals surface area contributed by atoms with Gasteiger partial charge < -0.3 is 4.98 Å². The molecule has 3 aromatic rings. The van der Waals surface area contributed by atoms with Crippen molar-refractivity contribution in [3.8, 4) is 0 Å². The topological polar surface area (TPSA) is 15.8 Å². The Morgan fingerprint density at radius 2 is 1.63 bits per heavy atom. The minimum absolute atomic E-state index is 0.0564. The molecule has 1 aromatic heterocycles. The van der Waals surface area contributed by atoms with Gasteiger partial charge in [0.2, 0.25) is 0 Å². The van der Waals surface area contributed by atoms with Crippen LogP contribution in [0, 0.1) is 0 Å². The highest BCUT2D eigenvalue weighted by molar-refractivity contribution is 5.84. The quantitative estimate of drug-likeness (QED) is 0.680. The predicted molar refractivity (Wildman–Crippen MR) is 81.5 cm³/mol. The largest absolute Gasteiger partial charge is 0.361 e. The summed E-state index contributed by atoms with van der Waals surface area (Å²) in [4.78, 5) is 3.40. The summed E-state index contributed by atoms with van der Waals surface area (Å²) in [5, 5.41) is 1.33. The number of H-pyrrole nitrogens is 1. The number of rotatable bonds is 3. The zero-order chi connectivity index (χ0) is 13.3. The molecule has 19 heavy (non-hydrogen) atoms. The molecule has 1 N–H and O–H groups in total. The lowest BCUT2D eigenvalue weighted by atomic mass is 9.74. The van der Waals surface area contributed by atoms with Crippen LogP contribution in [-0.2, 0) is 5.41 Å². The van der Waals surface area contributed by atoms with E-state index in [1.54, 1.807) is 0 Å². The SMILES string of the molecule is CC[C@](C)(c1ccccc1)c1c[nH]c2ccccc12. The normalized spacial score (nSPS) is 14.4. The Bertz CT molecular complexity index is 681. The molecule has 0 amide bonds. The second-order valence-electron chi connectivity index (χ2n) is 5.30. The van der Waals surface area contributed by atoms with Gasteiger partial charge >= 0.3 is 0 Å². The molecule has 96 valence electrons. The van der Waals surface area contributed by atoms with Crippen LogP contribution in [0.3, 0.4) is 0 Å². The van der Waals surface area contributed by atoms with Crippen LogP contribution in [0.5, 0.6) is 0 Å². The first-order valence-corrected chi connectivity index (χ1v) is 6.88. The fraction of sp³-hybridized carbons (Fsp3) is 0.222.